The number of hydrogen-bond donors (Lipinski definition) is 2. The van der Waals surface area contributed by atoms with Crippen molar-refractivity contribution in [2.24, 2.45) is 5.92 Å². The molecule has 0 aliphatic rings. The molecular weight excluding hydrogens is 342 g/mol. The van der Waals surface area contributed by atoms with Crippen LogP contribution >= 0.6 is 15.9 Å². The lowest BCUT2D eigenvalue weighted by Gasteiger charge is -2.13. The number of nitrogens with one attached hydrogen (secondary N) is 2. The molecule has 108 valence electrons. The van der Waals surface area contributed by atoms with Crippen LogP contribution in [0.5, 0.6) is 0 Å². The number of rotatable bonds is 6. The average Bonchev–Trinajstić information content (AvgIpc) is 2.25. The zero-order valence-electron chi connectivity index (χ0n) is 10.5. The van der Waals surface area contributed by atoms with Crippen LogP contribution in [0.3, 0.4) is 0 Å². The van der Waals surface area contributed by atoms with E-state index in [-0.39, 0.29) is 16.9 Å². The van der Waals surface area contributed by atoms with Gasteiger partial charge in [0, 0.05) is 17.1 Å². The molecule has 1 rings (SSSR count). The summed E-state index contributed by atoms with van der Waals surface area (Å²) in [5.41, 5.74) is 0. The summed E-state index contributed by atoms with van der Waals surface area (Å²) in [6, 6.07) is 1.45. The minimum absolute atomic E-state index is 0.0436. The van der Waals surface area contributed by atoms with E-state index in [1.165, 1.54) is 0 Å². The normalized spacial score (nSPS) is 13.5. The molecule has 1 atom stereocenters. The van der Waals surface area contributed by atoms with Crippen LogP contribution in [0.2, 0.25) is 0 Å². The molecule has 0 heterocycles. The molecule has 1 aromatic carbocycles. The van der Waals surface area contributed by atoms with Crippen molar-refractivity contribution in [2.45, 2.75) is 11.8 Å². The van der Waals surface area contributed by atoms with E-state index in [9.17, 15) is 17.2 Å². The summed E-state index contributed by atoms with van der Waals surface area (Å²) >= 11 is 2.86. The highest BCUT2D eigenvalue weighted by molar-refractivity contribution is 9.10. The van der Waals surface area contributed by atoms with Gasteiger partial charge < -0.3 is 5.32 Å². The molecule has 1 aromatic rings. The van der Waals surface area contributed by atoms with Crippen LogP contribution in [0.1, 0.15) is 6.92 Å². The van der Waals surface area contributed by atoms with Gasteiger partial charge in [0.15, 0.2) is 0 Å². The van der Waals surface area contributed by atoms with Crippen molar-refractivity contribution in [3.63, 3.8) is 0 Å². The van der Waals surface area contributed by atoms with Crippen molar-refractivity contribution in [1.82, 2.24) is 10.0 Å². The van der Waals surface area contributed by atoms with Gasteiger partial charge in [0.05, 0.1) is 0 Å². The molecule has 0 bridgehead atoms. The fourth-order valence-electron chi connectivity index (χ4n) is 1.53. The molecule has 0 amide bonds. The summed E-state index contributed by atoms with van der Waals surface area (Å²) in [6.07, 6.45) is 0. The summed E-state index contributed by atoms with van der Waals surface area (Å²) < 4.78 is 52.6. The van der Waals surface area contributed by atoms with Gasteiger partial charge in [0.25, 0.3) is 0 Å². The summed E-state index contributed by atoms with van der Waals surface area (Å²) in [5, 5.41) is 2.91. The van der Waals surface area contributed by atoms with Gasteiger partial charge in [-0.2, -0.15) is 0 Å². The van der Waals surface area contributed by atoms with Gasteiger partial charge in [-0.15, -0.1) is 0 Å². The quantitative estimate of drug-likeness (QED) is 0.817. The van der Waals surface area contributed by atoms with Crippen LogP contribution in [0.15, 0.2) is 21.5 Å². The van der Waals surface area contributed by atoms with Crippen LogP contribution in [-0.2, 0) is 10.0 Å². The van der Waals surface area contributed by atoms with Crippen LogP contribution in [-0.4, -0.2) is 28.6 Å². The highest BCUT2D eigenvalue weighted by Crippen LogP contribution is 2.26. The van der Waals surface area contributed by atoms with Gasteiger partial charge in [-0.3, -0.25) is 0 Å². The van der Waals surface area contributed by atoms with Gasteiger partial charge in [-0.25, -0.2) is 21.9 Å². The molecule has 0 saturated carbocycles. The van der Waals surface area contributed by atoms with Crippen molar-refractivity contribution in [3.05, 3.63) is 28.2 Å². The topological polar surface area (TPSA) is 58.2 Å². The summed E-state index contributed by atoms with van der Waals surface area (Å²) in [4.78, 5) is -0.578. The lowest BCUT2D eigenvalue weighted by atomic mass is 10.2. The molecule has 0 fully saturated rings. The van der Waals surface area contributed by atoms with E-state index in [0.29, 0.717) is 12.6 Å². The van der Waals surface area contributed by atoms with Crippen LogP contribution in [0.25, 0.3) is 0 Å². The molecule has 0 aromatic heterocycles. The van der Waals surface area contributed by atoms with Crippen molar-refractivity contribution >= 4 is 26.0 Å². The third-order valence-corrected chi connectivity index (χ3v) is 4.79. The van der Waals surface area contributed by atoms with E-state index >= 15 is 0 Å². The Kier molecular flexibility index (Phi) is 5.84. The standard InChI is InChI=1S/C11H15BrF2N2O2S/c1-7(5-15-2)6-16-19(17,18)11-9(12)3-8(13)4-10(11)14/h3-4,7,15-16H,5-6H2,1-2H3. The zero-order valence-corrected chi connectivity index (χ0v) is 12.9. The average molecular weight is 357 g/mol. The predicted molar refractivity (Wildman–Crippen MR) is 72.3 cm³/mol. The molecule has 19 heavy (non-hydrogen) atoms. The molecule has 0 saturated heterocycles. The third-order valence-electron chi connectivity index (χ3n) is 2.41. The molecule has 0 spiro atoms. The van der Waals surface area contributed by atoms with Crippen LogP contribution in [0.4, 0.5) is 8.78 Å². The second kappa shape index (κ2) is 6.74. The Morgan fingerprint density at radius 3 is 2.47 bits per heavy atom. The van der Waals surface area contributed by atoms with E-state index in [1.807, 2.05) is 6.92 Å². The van der Waals surface area contributed by atoms with E-state index in [4.69, 9.17) is 0 Å². The van der Waals surface area contributed by atoms with Crippen molar-refractivity contribution < 1.29 is 17.2 Å². The number of sulfonamides is 1. The van der Waals surface area contributed by atoms with Gasteiger partial charge in [0.2, 0.25) is 10.0 Å². The number of benzene rings is 1. The summed E-state index contributed by atoms with van der Waals surface area (Å²) in [7, 11) is -2.27. The molecule has 0 aliphatic carbocycles. The molecule has 1 unspecified atom stereocenters. The lowest BCUT2D eigenvalue weighted by molar-refractivity contribution is 0.510. The van der Waals surface area contributed by atoms with Crippen LogP contribution in [0, 0.1) is 17.6 Å². The largest absolute Gasteiger partial charge is 0.319 e. The molecule has 4 nitrogen and oxygen atoms in total. The summed E-state index contributed by atoms with van der Waals surface area (Å²) in [6.45, 7) is 2.62. The van der Waals surface area contributed by atoms with Gasteiger partial charge in [-0.1, -0.05) is 6.92 Å². The minimum Gasteiger partial charge on any atom is -0.319 e. The maximum atomic E-state index is 13.6. The van der Waals surface area contributed by atoms with E-state index < -0.39 is 26.6 Å². The Bertz CT molecular complexity index is 529. The fraction of sp³-hybridized carbons (Fsp3) is 0.455. The second-order valence-corrected chi connectivity index (χ2v) is 6.77. The first-order valence-electron chi connectivity index (χ1n) is 5.56. The second-order valence-electron chi connectivity index (χ2n) is 4.21. The Labute approximate surface area is 119 Å². The first kappa shape index (κ1) is 16.5. The zero-order chi connectivity index (χ0) is 14.6. The van der Waals surface area contributed by atoms with E-state index in [0.717, 1.165) is 6.07 Å². The van der Waals surface area contributed by atoms with Gasteiger partial charge in [0.1, 0.15) is 16.5 Å². The van der Waals surface area contributed by atoms with E-state index in [1.54, 1.807) is 7.05 Å². The molecule has 2 N–H and O–H groups in total. The fourth-order valence-corrected chi connectivity index (χ4v) is 3.86. The number of hydrogen-bond acceptors (Lipinski definition) is 3. The van der Waals surface area contributed by atoms with Crippen molar-refractivity contribution in [3.8, 4) is 0 Å². The smallest absolute Gasteiger partial charge is 0.244 e. The summed E-state index contributed by atoms with van der Waals surface area (Å²) in [5.74, 6) is -1.92. The SMILES string of the molecule is CNCC(C)CNS(=O)(=O)c1c(F)cc(F)cc1Br. The Morgan fingerprint density at radius 1 is 1.32 bits per heavy atom. The molecule has 0 aliphatic heterocycles. The highest BCUT2D eigenvalue weighted by Gasteiger charge is 2.23. The monoisotopic (exact) mass is 356 g/mol. The molecule has 8 heteroatoms. The molecule has 0 radical (unpaired) electrons. The maximum absolute atomic E-state index is 13.6. The first-order chi connectivity index (χ1) is 8.77. The van der Waals surface area contributed by atoms with Gasteiger partial charge >= 0.3 is 0 Å². The minimum atomic E-state index is -4.02. The Morgan fingerprint density at radius 2 is 1.95 bits per heavy atom. The lowest BCUT2D eigenvalue weighted by Crippen LogP contribution is -2.32. The number of halogens is 3. The Balaban J connectivity index is 2.95. The van der Waals surface area contributed by atoms with Crippen molar-refractivity contribution in [2.75, 3.05) is 20.1 Å². The highest BCUT2D eigenvalue weighted by atomic mass is 79.9. The molecular formula is C11H15BrF2N2O2S. The van der Waals surface area contributed by atoms with E-state index in [2.05, 4.69) is 26.0 Å². The maximum Gasteiger partial charge on any atom is 0.244 e. The van der Waals surface area contributed by atoms with Crippen molar-refractivity contribution in [1.29, 1.82) is 0 Å². The predicted octanol–water partition coefficient (Wildman–Crippen LogP) is 1.86. The third kappa shape index (κ3) is 4.48. The van der Waals surface area contributed by atoms with Gasteiger partial charge in [-0.05, 0) is 41.5 Å². The first-order valence-corrected chi connectivity index (χ1v) is 7.84. The van der Waals surface area contributed by atoms with Crippen LogP contribution < -0.4 is 10.0 Å². The Hall–Kier alpha value is -0.570.